The van der Waals surface area contributed by atoms with Crippen molar-refractivity contribution >= 4 is 78.7 Å². The lowest BCUT2D eigenvalue weighted by Gasteiger charge is -2.08. The SMILES string of the molecule is NC(=S)c1ccc(NC(=O)c2csc(I)c2)c(Br)c1. The number of nitrogens with one attached hydrogen (secondary N) is 1. The summed E-state index contributed by atoms with van der Waals surface area (Å²) in [5.41, 5.74) is 7.64. The Morgan fingerprint density at radius 3 is 2.63 bits per heavy atom. The lowest BCUT2D eigenvalue weighted by molar-refractivity contribution is 0.102. The standard InChI is InChI=1S/C12H8BrIN2OS2/c13-8-3-6(11(15)18)1-2-9(8)16-12(17)7-4-10(14)19-5-7/h1-5H,(H2,15,18)(H,16,17). The summed E-state index contributed by atoms with van der Waals surface area (Å²) < 4.78 is 1.82. The van der Waals surface area contributed by atoms with E-state index in [0.717, 1.165) is 12.9 Å². The number of rotatable bonds is 3. The van der Waals surface area contributed by atoms with Gasteiger partial charge in [0.1, 0.15) is 4.99 Å². The van der Waals surface area contributed by atoms with E-state index in [9.17, 15) is 4.79 Å². The van der Waals surface area contributed by atoms with Gasteiger partial charge in [-0.2, -0.15) is 0 Å². The Morgan fingerprint density at radius 2 is 2.11 bits per heavy atom. The van der Waals surface area contributed by atoms with Crippen molar-refractivity contribution in [1.82, 2.24) is 0 Å². The molecule has 1 amide bonds. The minimum absolute atomic E-state index is 0.136. The molecule has 2 aromatic rings. The predicted octanol–water partition coefficient (Wildman–Crippen LogP) is 4.00. The van der Waals surface area contributed by atoms with Gasteiger partial charge in [-0.05, 0) is 62.8 Å². The number of hydrogen-bond acceptors (Lipinski definition) is 3. The fourth-order valence-corrected chi connectivity index (χ4v) is 3.32. The Balaban J connectivity index is 2.20. The number of halogens is 2. The van der Waals surface area contributed by atoms with E-state index in [1.807, 2.05) is 11.4 Å². The number of thiophene rings is 1. The fraction of sp³-hybridized carbons (Fsp3) is 0. The van der Waals surface area contributed by atoms with Crippen molar-refractivity contribution in [1.29, 1.82) is 0 Å². The van der Waals surface area contributed by atoms with Gasteiger partial charge in [0.2, 0.25) is 0 Å². The summed E-state index contributed by atoms with van der Waals surface area (Å²) in [6, 6.07) is 7.18. The van der Waals surface area contributed by atoms with Crippen LogP contribution in [-0.4, -0.2) is 10.9 Å². The highest BCUT2D eigenvalue weighted by molar-refractivity contribution is 14.1. The van der Waals surface area contributed by atoms with Crippen molar-refractivity contribution in [3.8, 4) is 0 Å². The molecule has 3 nitrogen and oxygen atoms in total. The van der Waals surface area contributed by atoms with Gasteiger partial charge in [-0.15, -0.1) is 11.3 Å². The van der Waals surface area contributed by atoms with Crippen LogP contribution >= 0.6 is 62.1 Å². The van der Waals surface area contributed by atoms with Gasteiger partial charge in [-0.1, -0.05) is 12.2 Å². The molecule has 1 aromatic carbocycles. The first kappa shape index (κ1) is 14.9. The molecule has 0 unspecified atom stereocenters. The van der Waals surface area contributed by atoms with Crippen molar-refractivity contribution < 1.29 is 4.79 Å². The molecular weight excluding hydrogens is 459 g/mol. The van der Waals surface area contributed by atoms with Crippen LogP contribution in [0.4, 0.5) is 5.69 Å². The van der Waals surface area contributed by atoms with Crippen LogP contribution in [0, 0.1) is 2.88 Å². The Morgan fingerprint density at radius 1 is 1.37 bits per heavy atom. The van der Waals surface area contributed by atoms with Gasteiger partial charge in [0.25, 0.3) is 5.91 Å². The molecule has 3 N–H and O–H groups in total. The Kier molecular flexibility index (Phi) is 4.93. The van der Waals surface area contributed by atoms with E-state index in [4.69, 9.17) is 18.0 Å². The number of benzene rings is 1. The third kappa shape index (κ3) is 3.74. The quantitative estimate of drug-likeness (QED) is 0.531. The van der Waals surface area contributed by atoms with Crippen LogP contribution in [-0.2, 0) is 0 Å². The second-order valence-corrected chi connectivity index (χ2v) is 7.75. The van der Waals surface area contributed by atoms with Gasteiger partial charge in [-0.25, -0.2) is 0 Å². The highest BCUT2D eigenvalue weighted by atomic mass is 127. The molecule has 0 aliphatic rings. The molecule has 0 aliphatic heterocycles. The summed E-state index contributed by atoms with van der Waals surface area (Å²) in [7, 11) is 0. The Hall–Kier alpha value is -0.510. The third-order valence-electron chi connectivity index (χ3n) is 2.33. The van der Waals surface area contributed by atoms with E-state index in [-0.39, 0.29) is 5.91 Å². The van der Waals surface area contributed by atoms with E-state index in [2.05, 4.69) is 43.8 Å². The number of carbonyl (C=O) groups is 1. The van der Waals surface area contributed by atoms with E-state index in [0.29, 0.717) is 16.2 Å². The summed E-state index contributed by atoms with van der Waals surface area (Å²) >= 11 is 12.0. The first-order valence-electron chi connectivity index (χ1n) is 5.12. The second kappa shape index (κ2) is 6.29. The smallest absolute Gasteiger partial charge is 0.256 e. The van der Waals surface area contributed by atoms with Gasteiger partial charge in [-0.3, -0.25) is 4.79 Å². The van der Waals surface area contributed by atoms with Gasteiger partial charge in [0.15, 0.2) is 0 Å². The predicted molar refractivity (Wildman–Crippen MR) is 95.0 cm³/mol. The fourth-order valence-electron chi connectivity index (χ4n) is 1.39. The molecule has 98 valence electrons. The van der Waals surface area contributed by atoms with Crippen LogP contribution in [0.1, 0.15) is 15.9 Å². The molecule has 0 saturated heterocycles. The summed E-state index contributed by atoms with van der Waals surface area (Å²) in [5.74, 6) is -0.136. The molecule has 0 aliphatic carbocycles. The lowest BCUT2D eigenvalue weighted by atomic mass is 10.2. The van der Waals surface area contributed by atoms with Crippen molar-refractivity contribution in [2.24, 2.45) is 5.73 Å². The van der Waals surface area contributed by atoms with Crippen LogP contribution in [0.25, 0.3) is 0 Å². The first-order chi connectivity index (χ1) is 8.97. The highest BCUT2D eigenvalue weighted by Crippen LogP contribution is 2.25. The van der Waals surface area contributed by atoms with Crippen molar-refractivity contribution in [2.75, 3.05) is 5.32 Å². The molecule has 0 saturated carbocycles. The first-order valence-corrected chi connectivity index (χ1v) is 8.28. The minimum atomic E-state index is -0.136. The zero-order valence-electron chi connectivity index (χ0n) is 9.44. The van der Waals surface area contributed by atoms with Crippen LogP contribution in [0.3, 0.4) is 0 Å². The van der Waals surface area contributed by atoms with Crippen molar-refractivity contribution in [2.45, 2.75) is 0 Å². The average molecular weight is 467 g/mol. The van der Waals surface area contributed by atoms with E-state index in [1.165, 1.54) is 11.3 Å². The maximum absolute atomic E-state index is 12.0. The number of thiocarbonyl (C=S) groups is 1. The lowest BCUT2D eigenvalue weighted by Crippen LogP contribution is -2.13. The number of amides is 1. The Labute approximate surface area is 141 Å². The molecule has 1 heterocycles. The summed E-state index contributed by atoms with van der Waals surface area (Å²) in [4.78, 5) is 12.3. The molecule has 0 radical (unpaired) electrons. The van der Waals surface area contributed by atoms with Gasteiger partial charge < -0.3 is 11.1 Å². The third-order valence-corrected chi connectivity index (χ3v) is 5.01. The molecular formula is C12H8BrIN2OS2. The maximum atomic E-state index is 12.0. The monoisotopic (exact) mass is 466 g/mol. The van der Waals surface area contributed by atoms with Crippen LogP contribution < -0.4 is 11.1 Å². The summed E-state index contributed by atoms with van der Waals surface area (Å²) in [5, 5.41) is 4.67. The van der Waals surface area contributed by atoms with Crippen LogP contribution in [0.15, 0.2) is 34.1 Å². The summed E-state index contributed by atoms with van der Waals surface area (Å²) in [6.45, 7) is 0. The van der Waals surface area contributed by atoms with E-state index >= 15 is 0 Å². The highest BCUT2D eigenvalue weighted by Gasteiger charge is 2.10. The molecule has 1 aromatic heterocycles. The molecule has 0 spiro atoms. The largest absolute Gasteiger partial charge is 0.389 e. The van der Waals surface area contributed by atoms with Crippen LogP contribution in [0.5, 0.6) is 0 Å². The Bertz CT molecular complexity index is 657. The number of hydrogen-bond donors (Lipinski definition) is 2. The molecule has 19 heavy (non-hydrogen) atoms. The normalized spacial score (nSPS) is 10.2. The summed E-state index contributed by atoms with van der Waals surface area (Å²) in [6.07, 6.45) is 0. The van der Waals surface area contributed by atoms with Gasteiger partial charge in [0.05, 0.1) is 14.1 Å². The zero-order valence-corrected chi connectivity index (χ0v) is 14.8. The molecule has 0 atom stereocenters. The number of carbonyl (C=O) groups excluding carboxylic acids is 1. The topological polar surface area (TPSA) is 55.1 Å². The van der Waals surface area contributed by atoms with Crippen LogP contribution in [0.2, 0.25) is 0 Å². The molecule has 0 bridgehead atoms. The molecule has 7 heteroatoms. The number of anilines is 1. The molecule has 2 rings (SSSR count). The molecule has 0 fully saturated rings. The van der Waals surface area contributed by atoms with Gasteiger partial charge in [0, 0.05) is 15.4 Å². The maximum Gasteiger partial charge on any atom is 0.256 e. The number of nitrogens with two attached hydrogens (primary N) is 1. The van der Waals surface area contributed by atoms with Crippen molar-refractivity contribution in [3.05, 3.63) is 48.1 Å². The van der Waals surface area contributed by atoms with E-state index in [1.54, 1.807) is 18.2 Å². The van der Waals surface area contributed by atoms with Crippen molar-refractivity contribution in [3.63, 3.8) is 0 Å². The second-order valence-electron chi connectivity index (χ2n) is 3.65. The van der Waals surface area contributed by atoms with E-state index < -0.39 is 0 Å². The zero-order chi connectivity index (χ0) is 14.0. The van der Waals surface area contributed by atoms with Gasteiger partial charge >= 0.3 is 0 Å². The minimum Gasteiger partial charge on any atom is -0.389 e. The average Bonchev–Trinajstić information content (AvgIpc) is 2.78.